The lowest BCUT2D eigenvalue weighted by molar-refractivity contribution is -0.116. The van der Waals surface area contributed by atoms with Gasteiger partial charge >= 0.3 is 0 Å². The first-order valence-corrected chi connectivity index (χ1v) is 11.1. The summed E-state index contributed by atoms with van der Waals surface area (Å²) < 4.78 is 1.68. The van der Waals surface area contributed by atoms with Crippen LogP contribution in [0, 0.1) is 25.2 Å². The van der Waals surface area contributed by atoms with Crippen molar-refractivity contribution in [2.24, 2.45) is 0 Å². The molecule has 1 aliphatic heterocycles. The number of aromatic nitrogens is 3. The van der Waals surface area contributed by atoms with Crippen molar-refractivity contribution in [1.82, 2.24) is 19.5 Å². The fourth-order valence-electron chi connectivity index (χ4n) is 4.36. The van der Waals surface area contributed by atoms with E-state index in [1.807, 2.05) is 32.0 Å². The molecule has 8 heteroatoms. The standard InChI is InChI=1S/C24H29N7O/c1-4-29-11-13-30(14-12-29)22-8-6-5-7-21(22)28-23(32)10-9-20-17(2)27-24-19(15-25)16-26-31(24)18(20)3/h5-8,16H,4,9-14H2,1-3H3,(H,28,32). The number of nitriles is 1. The van der Waals surface area contributed by atoms with Gasteiger partial charge in [-0.2, -0.15) is 10.4 Å². The lowest BCUT2D eigenvalue weighted by Gasteiger charge is -2.36. The summed E-state index contributed by atoms with van der Waals surface area (Å²) in [4.78, 5) is 22.2. The predicted molar refractivity (Wildman–Crippen MR) is 125 cm³/mol. The number of rotatable bonds is 6. The van der Waals surface area contributed by atoms with E-state index < -0.39 is 0 Å². The number of nitrogens with zero attached hydrogens (tertiary/aromatic N) is 6. The molecule has 8 nitrogen and oxygen atoms in total. The second kappa shape index (κ2) is 9.37. The Morgan fingerprint density at radius 1 is 1.19 bits per heavy atom. The van der Waals surface area contributed by atoms with Gasteiger partial charge in [0.05, 0.1) is 17.6 Å². The molecule has 0 saturated carbocycles. The van der Waals surface area contributed by atoms with Crippen LogP contribution in [0.4, 0.5) is 11.4 Å². The molecule has 0 unspecified atom stereocenters. The zero-order valence-electron chi connectivity index (χ0n) is 18.9. The molecular weight excluding hydrogens is 402 g/mol. The summed E-state index contributed by atoms with van der Waals surface area (Å²) in [5.41, 5.74) is 5.68. The van der Waals surface area contributed by atoms with Crippen molar-refractivity contribution in [3.8, 4) is 6.07 Å². The molecule has 166 valence electrons. The highest BCUT2D eigenvalue weighted by Crippen LogP contribution is 2.27. The van der Waals surface area contributed by atoms with Gasteiger partial charge in [0.15, 0.2) is 5.65 Å². The third-order valence-corrected chi connectivity index (χ3v) is 6.27. The first kappa shape index (κ1) is 21.8. The Labute approximate surface area is 188 Å². The van der Waals surface area contributed by atoms with Crippen LogP contribution >= 0.6 is 0 Å². The summed E-state index contributed by atoms with van der Waals surface area (Å²) in [6.07, 6.45) is 2.44. The third kappa shape index (κ3) is 4.30. The van der Waals surface area contributed by atoms with Gasteiger partial charge in [0.1, 0.15) is 11.6 Å². The highest BCUT2D eigenvalue weighted by molar-refractivity contribution is 5.94. The molecule has 4 rings (SSSR count). The number of fused-ring (bicyclic) bond motifs is 1. The lowest BCUT2D eigenvalue weighted by atomic mass is 10.1. The smallest absolute Gasteiger partial charge is 0.224 e. The predicted octanol–water partition coefficient (Wildman–Crippen LogP) is 2.93. The Hall–Kier alpha value is -3.44. The first-order chi connectivity index (χ1) is 15.5. The summed E-state index contributed by atoms with van der Waals surface area (Å²) in [6, 6.07) is 10.1. The quantitative estimate of drug-likeness (QED) is 0.645. The minimum atomic E-state index is -0.0262. The number of anilines is 2. The number of amides is 1. The van der Waals surface area contributed by atoms with Crippen molar-refractivity contribution in [3.05, 3.63) is 53.0 Å². The molecule has 1 fully saturated rings. The average Bonchev–Trinajstić information content (AvgIpc) is 3.22. The number of para-hydroxylation sites is 2. The second-order valence-corrected chi connectivity index (χ2v) is 8.15. The van der Waals surface area contributed by atoms with E-state index >= 15 is 0 Å². The molecule has 1 N–H and O–H groups in total. The molecule has 1 aromatic carbocycles. The van der Waals surface area contributed by atoms with Crippen molar-refractivity contribution in [1.29, 1.82) is 5.26 Å². The van der Waals surface area contributed by atoms with Gasteiger partial charge in [0, 0.05) is 44.0 Å². The summed E-state index contributed by atoms with van der Waals surface area (Å²) in [5, 5.41) is 16.6. The van der Waals surface area contributed by atoms with Gasteiger partial charge in [0.25, 0.3) is 0 Å². The van der Waals surface area contributed by atoms with Crippen molar-refractivity contribution < 1.29 is 4.79 Å². The number of hydrogen-bond donors (Lipinski definition) is 1. The summed E-state index contributed by atoms with van der Waals surface area (Å²) >= 11 is 0. The number of benzene rings is 1. The number of nitrogens with one attached hydrogen (secondary N) is 1. The molecule has 2 aromatic heterocycles. The van der Waals surface area contributed by atoms with Crippen LogP contribution in [0.2, 0.25) is 0 Å². The highest BCUT2D eigenvalue weighted by Gasteiger charge is 2.19. The van der Waals surface area contributed by atoms with Crippen LogP contribution in [0.1, 0.15) is 35.9 Å². The van der Waals surface area contributed by atoms with Gasteiger partial charge in [-0.25, -0.2) is 9.50 Å². The van der Waals surface area contributed by atoms with Gasteiger partial charge in [0.2, 0.25) is 5.91 Å². The van der Waals surface area contributed by atoms with Gasteiger partial charge < -0.3 is 15.1 Å². The minimum absolute atomic E-state index is 0.0262. The Morgan fingerprint density at radius 3 is 2.66 bits per heavy atom. The van der Waals surface area contributed by atoms with E-state index in [0.717, 1.165) is 61.0 Å². The van der Waals surface area contributed by atoms with Gasteiger partial charge in [-0.05, 0) is 44.5 Å². The molecular formula is C24H29N7O. The Bertz CT molecular complexity index is 1170. The van der Waals surface area contributed by atoms with Crippen molar-refractivity contribution >= 4 is 22.9 Å². The summed E-state index contributed by atoms with van der Waals surface area (Å²) in [5.74, 6) is -0.0262. The van der Waals surface area contributed by atoms with E-state index in [2.05, 4.69) is 44.3 Å². The van der Waals surface area contributed by atoms with Crippen LogP contribution in [0.15, 0.2) is 30.5 Å². The molecule has 0 radical (unpaired) electrons. The lowest BCUT2D eigenvalue weighted by Crippen LogP contribution is -2.46. The SMILES string of the molecule is CCN1CCN(c2ccccc2NC(=O)CCc2c(C)nc3c(C#N)cnn3c2C)CC1. The van der Waals surface area contributed by atoms with Crippen LogP contribution in [0.5, 0.6) is 0 Å². The number of likely N-dealkylation sites (N-methyl/N-ethyl adjacent to an activating group) is 1. The fourth-order valence-corrected chi connectivity index (χ4v) is 4.36. The Morgan fingerprint density at radius 2 is 1.94 bits per heavy atom. The van der Waals surface area contributed by atoms with Crippen LogP contribution in [0.25, 0.3) is 5.65 Å². The second-order valence-electron chi connectivity index (χ2n) is 8.15. The average molecular weight is 432 g/mol. The normalized spacial score (nSPS) is 14.5. The Balaban J connectivity index is 1.45. The number of carbonyl (C=O) groups is 1. The van der Waals surface area contributed by atoms with Crippen LogP contribution in [-0.4, -0.2) is 58.1 Å². The summed E-state index contributed by atoms with van der Waals surface area (Å²) in [7, 11) is 0. The third-order valence-electron chi connectivity index (χ3n) is 6.27. The maximum Gasteiger partial charge on any atom is 0.224 e. The fraction of sp³-hybridized carbons (Fsp3) is 0.417. The highest BCUT2D eigenvalue weighted by atomic mass is 16.1. The van der Waals surface area contributed by atoms with E-state index in [-0.39, 0.29) is 5.91 Å². The largest absolute Gasteiger partial charge is 0.367 e. The van der Waals surface area contributed by atoms with E-state index in [1.54, 1.807) is 4.52 Å². The summed E-state index contributed by atoms with van der Waals surface area (Å²) in [6.45, 7) is 11.1. The molecule has 3 aromatic rings. The van der Waals surface area contributed by atoms with Gasteiger partial charge in [-0.3, -0.25) is 4.79 Å². The van der Waals surface area contributed by atoms with E-state index in [0.29, 0.717) is 24.1 Å². The molecule has 1 amide bonds. The molecule has 1 saturated heterocycles. The van der Waals surface area contributed by atoms with Gasteiger partial charge in [-0.15, -0.1) is 0 Å². The number of aryl methyl sites for hydroxylation is 2. The van der Waals surface area contributed by atoms with E-state index in [9.17, 15) is 10.1 Å². The topological polar surface area (TPSA) is 89.6 Å². The monoisotopic (exact) mass is 431 g/mol. The van der Waals surface area contributed by atoms with E-state index in [1.165, 1.54) is 6.20 Å². The Kier molecular flexibility index (Phi) is 6.37. The molecule has 32 heavy (non-hydrogen) atoms. The maximum atomic E-state index is 12.8. The molecule has 1 aliphatic rings. The van der Waals surface area contributed by atoms with Crippen molar-refractivity contribution in [2.45, 2.75) is 33.6 Å². The zero-order chi connectivity index (χ0) is 22.7. The van der Waals surface area contributed by atoms with Crippen LogP contribution in [-0.2, 0) is 11.2 Å². The number of carbonyl (C=O) groups excluding carboxylic acids is 1. The molecule has 0 spiro atoms. The van der Waals surface area contributed by atoms with Crippen molar-refractivity contribution in [3.63, 3.8) is 0 Å². The molecule has 3 heterocycles. The molecule has 0 atom stereocenters. The molecule has 0 bridgehead atoms. The maximum absolute atomic E-state index is 12.8. The number of hydrogen-bond acceptors (Lipinski definition) is 6. The minimum Gasteiger partial charge on any atom is -0.367 e. The van der Waals surface area contributed by atoms with Crippen molar-refractivity contribution in [2.75, 3.05) is 42.9 Å². The van der Waals surface area contributed by atoms with Crippen LogP contribution < -0.4 is 10.2 Å². The first-order valence-electron chi connectivity index (χ1n) is 11.1. The molecule has 0 aliphatic carbocycles. The van der Waals surface area contributed by atoms with E-state index in [4.69, 9.17) is 0 Å². The number of piperazine rings is 1. The van der Waals surface area contributed by atoms with Gasteiger partial charge in [-0.1, -0.05) is 19.1 Å². The van der Waals surface area contributed by atoms with Crippen LogP contribution in [0.3, 0.4) is 0 Å². The zero-order valence-corrected chi connectivity index (χ0v) is 18.9.